The maximum Gasteiger partial charge on any atom is 0.210 e. The quantitative estimate of drug-likeness (QED) is 0.795. The van der Waals surface area contributed by atoms with Gasteiger partial charge in [0.05, 0.1) is 5.73 Å². The van der Waals surface area contributed by atoms with E-state index in [9.17, 15) is 8.42 Å². The highest BCUT2D eigenvalue weighted by molar-refractivity contribution is 8.71. The summed E-state index contributed by atoms with van der Waals surface area (Å²) in [6.07, 6.45) is 0. The Morgan fingerprint density at radius 2 is 1.47 bits per heavy atom. The molecule has 4 heteroatoms. The highest BCUT2D eigenvalue weighted by Gasteiger charge is 2.13. The first-order chi connectivity index (χ1) is 8.59. The first-order valence-corrected chi connectivity index (χ1v) is 7.93. The summed E-state index contributed by atoms with van der Waals surface area (Å²) < 4.78 is 32.0. The summed E-state index contributed by atoms with van der Waals surface area (Å²) in [6, 6.07) is 17.4. The summed E-state index contributed by atoms with van der Waals surface area (Å²) in [4.78, 5) is 0.630. The van der Waals surface area contributed by atoms with Crippen LogP contribution in [0.15, 0.2) is 65.6 Å². The average Bonchev–Trinajstić information content (AvgIpc) is 2.39. The van der Waals surface area contributed by atoms with Crippen LogP contribution >= 0.6 is 10.8 Å². The van der Waals surface area contributed by atoms with Crippen LogP contribution < -0.4 is 0 Å². The monoisotopic (exact) mass is 265 g/mol. The molecule has 0 heterocycles. The highest BCUT2D eigenvalue weighted by Crippen LogP contribution is 2.27. The zero-order valence-electron chi connectivity index (χ0n) is 9.98. The van der Waals surface area contributed by atoms with E-state index in [1.54, 1.807) is 54.6 Å². The number of benzene rings is 2. The Balaban J connectivity index is 2.22. The van der Waals surface area contributed by atoms with Crippen LogP contribution in [0, 0.1) is 0 Å². The molecule has 0 N–H and O–H groups in total. The van der Waals surface area contributed by atoms with E-state index in [1.165, 1.54) is 0 Å². The summed E-state index contributed by atoms with van der Waals surface area (Å²) in [6.45, 7) is 0. The van der Waals surface area contributed by atoms with Crippen molar-refractivity contribution in [1.82, 2.24) is 0 Å². The molecule has 0 fully saturated rings. The van der Waals surface area contributed by atoms with E-state index in [-0.39, 0.29) is 0 Å². The topological polar surface area (TPSA) is 34.1 Å². The molecule has 0 aliphatic rings. The van der Waals surface area contributed by atoms with Gasteiger partial charge in [0.1, 0.15) is 0 Å². The fourth-order valence-corrected chi connectivity index (χ4v) is 4.02. The largest absolute Gasteiger partial charge is 0.217 e. The molecule has 88 valence electrons. The van der Waals surface area contributed by atoms with Crippen LogP contribution in [0.4, 0.5) is 0 Å². The van der Waals surface area contributed by atoms with Gasteiger partial charge in [0.25, 0.3) is 0 Å². The average molecular weight is 265 g/mol. The van der Waals surface area contributed by atoms with Gasteiger partial charge in [-0.3, -0.25) is 0 Å². The molecule has 0 unspecified atom stereocenters. The third kappa shape index (κ3) is 3.91. The molecule has 0 saturated heterocycles. The molecule has 2 nitrogen and oxygen atoms in total. The molecule has 2 aromatic rings. The predicted molar refractivity (Wildman–Crippen MR) is 71.4 cm³/mol. The second-order valence-corrected chi connectivity index (χ2v) is 7.17. The molecular formula is C13H12O2S2. The molecule has 0 bridgehead atoms. The van der Waals surface area contributed by atoms with Gasteiger partial charge in [0.15, 0.2) is 0 Å². The lowest BCUT2D eigenvalue weighted by Crippen LogP contribution is -1.98. The Hall–Kier alpha value is -1.26. The van der Waals surface area contributed by atoms with E-state index in [2.05, 4.69) is 0 Å². The Labute approximate surface area is 106 Å². The zero-order valence-corrected chi connectivity index (χ0v) is 10.6. The van der Waals surface area contributed by atoms with Crippen molar-refractivity contribution in [3.63, 3.8) is 0 Å². The van der Waals surface area contributed by atoms with E-state index in [0.717, 1.165) is 10.8 Å². The molecule has 0 aliphatic carbocycles. The van der Waals surface area contributed by atoms with E-state index in [1.807, 2.05) is 6.07 Å². The number of hydrogen-bond donors (Lipinski definition) is 0. The lowest BCUT2D eigenvalue weighted by Gasteiger charge is -2.03. The van der Waals surface area contributed by atoms with Gasteiger partial charge < -0.3 is 0 Å². The maximum absolute atomic E-state index is 12.1. The summed E-state index contributed by atoms with van der Waals surface area (Å²) in [5, 5.41) is 0. The van der Waals surface area contributed by atoms with Crippen molar-refractivity contribution in [1.29, 1.82) is 0 Å². The summed E-state index contributed by atoms with van der Waals surface area (Å²) in [5.41, 5.74) is -0.773. The molecule has 0 radical (unpaired) electrons. The van der Waals surface area contributed by atoms with Crippen molar-refractivity contribution in [3.8, 4) is 0 Å². The molecule has 0 aromatic heterocycles. The smallest absolute Gasteiger partial charge is 0.210 e. The van der Waals surface area contributed by atoms with E-state index >= 15 is 0 Å². The molecule has 0 saturated carbocycles. The van der Waals surface area contributed by atoms with Crippen molar-refractivity contribution in [3.05, 3.63) is 66.2 Å². The summed E-state index contributed by atoms with van der Waals surface area (Å²) in [5.74, 6) is 0. The van der Waals surface area contributed by atoms with Crippen molar-refractivity contribution in [2.24, 2.45) is 0 Å². The molecule has 2 aromatic carbocycles. The van der Waals surface area contributed by atoms with Gasteiger partial charge in [-0.25, -0.2) is 8.42 Å². The Bertz CT molecular complexity index is 597. The fraction of sp³-hybridized carbons (Fsp3) is 0.0769. The number of rotatable bonds is 4. The first kappa shape index (κ1) is 10.9. The zero-order chi connectivity index (χ0) is 13.0. The third-order valence-electron chi connectivity index (χ3n) is 2.04. The molecule has 0 amide bonds. The van der Waals surface area contributed by atoms with Crippen molar-refractivity contribution in [2.75, 3.05) is 0 Å². The molecular weight excluding hydrogens is 252 g/mol. The van der Waals surface area contributed by atoms with Crippen LogP contribution in [-0.2, 0) is 14.6 Å². The van der Waals surface area contributed by atoms with Crippen LogP contribution in [-0.4, -0.2) is 8.42 Å². The summed E-state index contributed by atoms with van der Waals surface area (Å²) >= 11 is 0. The van der Waals surface area contributed by atoms with Gasteiger partial charge in [-0.1, -0.05) is 48.5 Å². The maximum atomic E-state index is 12.1. The van der Waals surface area contributed by atoms with E-state index < -0.39 is 14.6 Å². The fourth-order valence-electron chi connectivity index (χ4n) is 1.33. The molecule has 0 aliphatic heterocycles. The molecule has 2 rings (SSSR count). The van der Waals surface area contributed by atoms with Crippen LogP contribution in [0.3, 0.4) is 0 Å². The third-order valence-corrected chi connectivity index (χ3v) is 4.86. The van der Waals surface area contributed by atoms with E-state index in [0.29, 0.717) is 10.5 Å². The minimum atomic E-state index is -3.58. The van der Waals surface area contributed by atoms with Gasteiger partial charge in [-0.2, -0.15) is 0 Å². The number of hydrogen-bond acceptors (Lipinski definition) is 3. The lowest BCUT2D eigenvalue weighted by atomic mass is 10.2. The Morgan fingerprint density at radius 3 is 2.06 bits per heavy atom. The molecule has 1 atom stereocenters. The van der Waals surface area contributed by atoms with Gasteiger partial charge in [-0.15, -0.1) is 0 Å². The SMILES string of the molecule is [2H][C@@H](c1ccccc1)S(=O)(=O)Sc1ccccc1. The van der Waals surface area contributed by atoms with E-state index in [4.69, 9.17) is 1.37 Å². The Morgan fingerprint density at radius 1 is 0.941 bits per heavy atom. The first-order valence-electron chi connectivity index (χ1n) is 5.63. The lowest BCUT2D eigenvalue weighted by molar-refractivity contribution is 0.610. The van der Waals surface area contributed by atoms with Crippen molar-refractivity contribution in [2.45, 2.75) is 10.6 Å². The normalized spacial score (nSPS) is 14.0. The van der Waals surface area contributed by atoms with Crippen LogP contribution in [0.1, 0.15) is 6.93 Å². The predicted octanol–water partition coefficient (Wildman–Crippen LogP) is 3.31. The van der Waals surface area contributed by atoms with Crippen LogP contribution in [0.2, 0.25) is 0 Å². The van der Waals surface area contributed by atoms with Gasteiger partial charge in [-0.05, 0) is 17.7 Å². The standard InChI is InChI=1S/C13H12O2S2/c14-17(15,11-12-7-3-1-4-8-12)16-13-9-5-2-6-10-13/h1-10H,11H2/i11D/t11-/m0/s1. The van der Waals surface area contributed by atoms with Crippen LogP contribution in [0.25, 0.3) is 0 Å². The summed E-state index contributed by atoms with van der Waals surface area (Å²) in [7, 11) is -2.85. The van der Waals surface area contributed by atoms with Gasteiger partial charge in [0, 0.05) is 17.1 Å². The minimum Gasteiger partial charge on any atom is -0.217 e. The second kappa shape index (κ2) is 5.38. The van der Waals surface area contributed by atoms with Crippen molar-refractivity contribution >= 4 is 19.7 Å². The molecule has 0 spiro atoms. The highest BCUT2D eigenvalue weighted by atomic mass is 33.1. The molecule has 17 heavy (non-hydrogen) atoms. The second-order valence-electron chi connectivity index (χ2n) is 3.42. The van der Waals surface area contributed by atoms with Crippen LogP contribution in [0.5, 0.6) is 0 Å². The van der Waals surface area contributed by atoms with Gasteiger partial charge >= 0.3 is 0 Å². The minimum absolute atomic E-state index is 0.487. The van der Waals surface area contributed by atoms with Crippen molar-refractivity contribution < 1.29 is 9.79 Å². The Kier molecular flexibility index (Phi) is 3.44. The van der Waals surface area contributed by atoms with Gasteiger partial charge in [0.2, 0.25) is 8.87 Å².